The van der Waals surface area contributed by atoms with Crippen LogP contribution in [0.1, 0.15) is 23.2 Å². The van der Waals surface area contributed by atoms with Gasteiger partial charge in [0.1, 0.15) is 5.75 Å². The number of pyridine rings is 1. The van der Waals surface area contributed by atoms with Crippen LogP contribution in [0.2, 0.25) is 0 Å². The molecule has 100 valence electrons. The molecule has 6 heteroatoms. The summed E-state index contributed by atoms with van der Waals surface area (Å²) < 4.78 is 2.00. The molecule has 1 amide bonds. The molecule has 0 aliphatic carbocycles. The lowest BCUT2D eigenvalue weighted by Crippen LogP contribution is -2.24. The van der Waals surface area contributed by atoms with E-state index in [1.54, 1.807) is 12.5 Å². The number of nitrogens with one attached hydrogen (secondary N) is 1. The molecule has 2 aromatic heterocycles. The minimum Gasteiger partial charge on any atom is -0.505 e. The van der Waals surface area contributed by atoms with Crippen molar-refractivity contribution in [3.8, 4) is 5.75 Å². The van der Waals surface area contributed by atoms with Gasteiger partial charge in [0.2, 0.25) is 0 Å². The Hall–Kier alpha value is -2.37. The lowest BCUT2D eigenvalue weighted by atomic mass is 10.2. The van der Waals surface area contributed by atoms with Crippen LogP contribution in [-0.2, 0) is 6.54 Å². The lowest BCUT2D eigenvalue weighted by Gasteiger charge is -2.06. The number of unbranched alkanes of at least 4 members (excludes halogenated alkanes) is 1. The standard InChI is InChI=1S/C13H16N4O2/c18-12-9-14-5-3-11(12)13(19)16-4-1-2-7-17-8-6-15-10-17/h3,5-6,8-10,18H,1-2,4,7H2,(H,16,19). The fraction of sp³-hybridized carbons (Fsp3) is 0.308. The zero-order chi connectivity index (χ0) is 13.5. The molecule has 2 aromatic rings. The number of hydrogen-bond donors (Lipinski definition) is 2. The van der Waals surface area contributed by atoms with Gasteiger partial charge in [0.25, 0.3) is 5.91 Å². The number of amides is 1. The van der Waals surface area contributed by atoms with E-state index in [1.165, 1.54) is 18.5 Å². The molecule has 19 heavy (non-hydrogen) atoms. The number of nitrogens with zero attached hydrogens (tertiary/aromatic N) is 3. The molecular weight excluding hydrogens is 244 g/mol. The summed E-state index contributed by atoms with van der Waals surface area (Å²) in [5.74, 6) is -0.374. The minimum absolute atomic E-state index is 0.0987. The zero-order valence-corrected chi connectivity index (χ0v) is 10.5. The Morgan fingerprint density at radius 2 is 2.21 bits per heavy atom. The number of aromatic nitrogens is 3. The van der Waals surface area contributed by atoms with Crippen LogP contribution < -0.4 is 5.32 Å². The van der Waals surface area contributed by atoms with Crippen LogP contribution in [0.4, 0.5) is 0 Å². The molecule has 2 heterocycles. The summed E-state index contributed by atoms with van der Waals surface area (Å²) in [5, 5.41) is 12.2. The molecule has 0 atom stereocenters. The van der Waals surface area contributed by atoms with Gasteiger partial charge in [-0.15, -0.1) is 0 Å². The topological polar surface area (TPSA) is 80.0 Å². The van der Waals surface area contributed by atoms with Gasteiger partial charge in [-0.25, -0.2) is 4.98 Å². The number of aryl methyl sites for hydroxylation is 1. The minimum atomic E-state index is -0.275. The highest BCUT2D eigenvalue weighted by Gasteiger charge is 2.09. The highest BCUT2D eigenvalue weighted by atomic mass is 16.3. The molecule has 0 aromatic carbocycles. The largest absolute Gasteiger partial charge is 0.505 e. The van der Waals surface area contributed by atoms with Crippen molar-refractivity contribution < 1.29 is 9.90 Å². The Bertz CT molecular complexity index is 525. The van der Waals surface area contributed by atoms with Crippen LogP contribution in [0, 0.1) is 0 Å². The number of imidazole rings is 1. The van der Waals surface area contributed by atoms with E-state index in [9.17, 15) is 9.90 Å². The van der Waals surface area contributed by atoms with Crippen LogP contribution in [0.15, 0.2) is 37.2 Å². The van der Waals surface area contributed by atoms with E-state index in [1.807, 2.05) is 10.8 Å². The number of carbonyl (C=O) groups excluding carboxylic acids is 1. The fourth-order valence-corrected chi connectivity index (χ4v) is 1.71. The van der Waals surface area contributed by atoms with Gasteiger partial charge in [0, 0.05) is 31.7 Å². The summed E-state index contributed by atoms with van der Waals surface area (Å²) in [7, 11) is 0. The van der Waals surface area contributed by atoms with Crippen molar-refractivity contribution in [3.05, 3.63) is 42.7 Å². The predicted octanol–water partition coefficient (Wildman–Crippen LogP) is 1.19. The Labute approximate surface area is 111 Å². The number of aromatic hydroxyl groups is 1. The summed E-state index contributed by atoms with van der Waals surface area (Å²) in [6.07, 6.45) is 9.99. The van der Waals surface area contributed by atoms with Crippen molar-refractivity contribution in [1.29, 1.82) is 0 Å². The summed E-state index contributed by atoms with van der Waals surface area (Å²) in [4.78, 5) is 19.4. The first kappa shape index (κ1) is 13.1. The van der Waals surface area contributed by atoms with Crippen LogP contribution in [0.5, 0.6) is 5.75 Å². The fourth-order valence-electron chi connectivity index (χ4n) is 1.71. The van der Waals surface area contributed by atoms with Crippen molar-refractivity contribution in [2.24, 2.45) is 0 Å². The van der Waals surface area contributed by atoms with Crippen molar-refractivity contribution in [3.63, 3.8) is 0 Å². The molecule has 0 saturated heterocycles. The second-order valence-corrected chi connectivity index (χ2v) is 4.16. The summed E-state index contributed by atoms with van der Waals surface area (Å²) >= 11 is 0. The Balaban J connectivity index is 1.68. The Morgan fingerprint density at radius 3 is 2.95 bits per heavy atom. The van der Waals surface area contributed by atoms with Crippen molar-refractivity contribution in [2.75, 3.05) is 6.54 Å². The highest BCUT2D eigenvalue weighted by molar-refractivity contribution is 5.96. The predicted molar refractivity (Wildman–Crippen MR) is 69.7 cm³/mol. The SMILES string of the molecule is O=C(NCCCCn1ccnc1)c1ccncc1O. The van der Waals surface area contributed by atoms with Crippen molar-refractivity contribution >= 4 is 5.91 Å². The van der Waals surface area contributed by atoms with E-state index in [2.05, 4.69) is 15.3 Å². The molecule has 6 nitrogen and oxygen atoms in total. The average molecular weight is 260 g/mol. The van der Waals surface area contributed by atoms with Gasteiger partial charge >= 0.3 is 0 Å². The first-order valence-corrected chi connectivity index (χ1v) is 6.14. The number of rotatable bonds is 6. The smallest absolute Gasteiger partial charge is 0.255 e. The maximum atomic E-state index is 11.7. The molecule has 0 fully saturated rings. The van der Waals surface area contributed by atoms with Crippen molar-refractivity contribution in [2.45, 2.75) is 19.4 Å². The molecule has 0 bridgehead atoms. The quantitative estimate of drug-likeness (QED) is 0.765. The van der Waals surface area contributed by atoms with Gasteiger partial charge in [0.15, 0.2) is 0 Å². The van der Waals surface area contributed by atoms with Gasteiger partial charge < -0.3 is 15.0 Å². The van der Waals surface area contributed by atoms with Crippen LogP contribution in [0.25, 0.3) is 0 Å². The zero-order valence-electron chi connectivity index (χ0n) is 10.5. The molecular formula is C13H16N4O2. The van der Waals surface area contributed by atoms with Crippen LogP contribution in [-0.4, -0.2) is 32.1 Å². The molecule has 0 saturated carbocycles. The second-order valence-electron chi connectivity index (χ2n) is 4.16. The molecule has 0 radical (unpaired) electrons. The summed E-state index contributed by atoms with van der Waals surface area (Å²) in [6, 6.07) is 1.50. The molecule has 2 rings (SSSR count). The summed E-state index contributed by atoms with van der Waals surface area (Å²) in [6.45, 7) is 1.46. The number of carbonyl (C=O) groups is 1. The Morgan fingerprint density at radius 1 is 1.32 bits per heavy atom. The van der Waals surface area contributed by atoms with Gasteiger partial charge in [-0.3, -0.25) is 9.78 Å². The number of hydrogen-bond acceptors (Lipinski definition) is 4. The first-order valence-electron chi connectivity index (χ1n) is 6.14. The first-order chi connectivity index (χ1) is 9.27. The van der Waals surface area contributed by atoms with Crippen molar-refractivity contribution in [1.82, 2.24) is 19.9 Å². The van der Waals surface area contributed by atoms with Crippen LogP contribution in [0.3, 0.4) is 0 Å². The van der Waals surface area contributed by atoms with E-state index in [0.29, 0.717) is 6.54 Å². The van der Waals surface area contributed by atoms with Gasteiger partial charge in [0.05, 0.1) is 18.1 Å². The third-order valence-corrected chi connectivity index (χ3v) is 2.73. The van der Waals surface area contributed by atoms with Gasteiger partial charge in [-0.1, -0.05) is 0 Å². The maximum absolute atomic E-state index is 11.7. The third kappa shape index (κ3) is 3.80. The third-order valence-electron chi connectivity index (χ3n) is 2.73. The molecule has 0 unspecified atom stereocenters. The van der Waals surface area contributed by atoms with E-state index in [4.69, 9.17) is 0 Å². The Kier molecular flexibility index (Phi) is 4.49. The lowest BCUT2D eigenvalue weighted by molar-refractivity contribution is 0.0950. The monoisotopic (exact) mass is 260 g/mol. The van der Waals surface area contributed by atoms with E-state index in [0.717, 1.165) is 19.4 Å². The molecule has 0 spiro atoms. The normalized spacial score (nSPS) is 10.3. The molecule has 0 aliphatic heterocycles. The summed E-state index contributed by atoms with van der Waals surface area (Å²) in [5.41, 5.74) is 0.254. The second kappa shape index (κ2) is 6.53. The van der Waals surface area contributed by atoms with Gasteiger partial charge in [-0.05, 0) is 18.9 Å². The van der Waals surface area contributed by atoms with E-state index in [-0.39, 0.29) is 17.2 Å². The van der Waals surface area contributed by atoms with Crippen LogP contribution >= 0.6 is 0 Å². The van der Waals surface area contributed by atoms with Gasteiger partial charge in [-0.2, -0.15) is 0 Å². The highest BCUT2D eigenvalue weighted by Crippen LogP contribution is 2.13. The molecule has 0 aliphatic rings. The van der Waals surface area contributed by atoms with E-state index >= 15 is 0 Å². The molecule has 2 N–H and O–H groups in total. The average Bonchev–Trinajstić information content (AvgIpc) is 2.92. The van der Waals surface area contributed by atoms with E-state index < -0.39 is 0 Å². The maximum Gasteiger partial charge on any atom is 0.255 e.